The lowest BCUT2D eigenvalue weighted by Crippen LogP contribution is -2.60. The molecule has 0 aromatic rings. The van der Waals surface area contributed by atoms with Crippen molar-refractivity contribution in [1.29, 1.82) is 0 Å². The first-order valence-corrected chi connectivity index (χ1v) is 15.6. The van der Waals surface area contributed by atoms with Crippen LogP contribution in [0.25, 0.3) is 0 Å². The zero-order valence-electron chi connectivity index (χ0n) is 24.9. The molecule has 4 N–H and O–H groups in total. The topological polar surface area (TPSA) is 116 Å². The summed E-state index contributed by atoms with van der Waals surface area (Å²) in [5, 5.41) is 39.8. The molecule has 4 rings (SSSR count). The molecular formula is C33H52O7. The summed E-state index contributed by atoms with van der Waals surface area (Å²) >= 11 is 0. The van der Waals surface area contributed by atoms with E-state index in [1.807, 2.05) is 0 Å². The lowest BCUT2D eigenvalue weighted by atomic mass is 9.60. The molecule has 226 valence electrons. The number of carboxylic acids is 1. The minimum Gasteiger partial charge on any atom is -0.479 e. The van der Waals surface area contributed by atoms with Crippen molar-refractivity contribution < 1.29 is 34.7 Å². The van der Waals surface area contributed by atoms with Crippen LogP contribution in [0.4, 0.5) is 0 Å². The first-order valence-electron chi connectivity index (χ1n) is 15.6. The van der Waals surface area contributed by atoms with E-state index in [9.17, 15) is 25.2 Å². The monoisotopic (exact) mass is 560 g/mol. The van der Waals surface area contributed by atoms with Gasteiger partial charge in [0.1, 0.15) is 18.3 Å². The molecule has 4 fully saturated rings. The first-order chi connectivity index (χ1) is 18.9. The van der Waals surface area contributed by atoms with Gasteiger partial charge >= 0.3 is 5.97 Å². The van der Waals surface area contributed by atoms with Crippen molar-refractivity contribution >= 4 is 5.97 Å². The van der Waals surface area contributed by atoms with E-state index < -0.39 is 36.7 Å². The van der Waals surface area contributed by atoms with E-state index >= 15 is 0 Å². The molecule has 7 heteroatoms. The van der Waals surface area contributed by atoms with E-state index in [0.29, 0.717) is 24.2 Å². The highest BCUT2D eigenvalue weighted by atomic mass is 16.7. The van der Waals surface area contributed by atoms with Crippen LogP contribution in [0.1, 0.15) is 98.3 Å². The number of aliphatic carboxylic acids is 1. The van der Waals surface area contributed by atoms with Gasteiger partial charge in [0.25, 0.3) is 0 Å². The van der Waals surface area contributed by atoms with Crippen LogP contribution < -0.4 is 0 Å². The Morgan fingerprint density at radius 3 is 2.52 bits per heavy atom. The molecule has 7 nitrogen and oxygen atoms in total. The Bertz CT molecular complexity index is 970. The third-order valence-electron chi connectivity index (χ3n) is 10.5. The molecule has 0 radical (unpaired) electrons. The lowest BCUT2D eigenvalue weighted by Gasteiger charge is -2.44. The summed E-state index contributed by atoms with van der Waals surface area (Å²) < 4.78 is 11.3. The SMILES string of the molecule is C=C1CC[C@@H](O[C@@H]2OC(C(=O)O)[C@@H](O)C(O)C2O)C/C1=C/C=C1\CCC[C@@]2(C)[C@@H]1CC[C@H]2[C@@H](C)CCCC(C)C. The normalized spacial score (nSPS) is 41.5. The molecule has 3 aliphatic carbocycles. The van der Waals surface area contributed by atoms with Crippen molar-refractivity contribution in [3.63, 3.8) is 0 Å². The number of aliphatic hydroxyl groups is 3. The number of fused-ring (bicyclic) bond motifs is 1. The minimum atomic E-state index is -1.72. The van der Waals surface area contributed by atoms with Crippen LogP contribution in [0.2, 0.25) is 0 Å². The second kappa shape index (κ2) is 13.2. The number of rotatable bonds is 9. The quantitative estimate of drug-likeness (QED) is 0.293. The van der Waals surface area contributed by atoms with Crippen molar-refractivity contribution in [3.8, 4) is 0 Å². The van der Waals surface area contributed by atoms with Crippen molar-refractivity contribution in [2.24, 2.45) is 29.1 Å². The summed E-state index contributed by atoms with van der Waals surface area (Å²) in [6.45, 7) is 13.9. The molecule has 1 aliphatic heterocycles. The predicted octanol–water partition coefficient (Wildman–Crippen LogP) is 5.54. The molecule has 3 unspecified atom stereocenters. The lowest BCUT2D eigenvalue weighted by molar-refractivity contribution is -0.304. The van der Waals surface area contributed by atoms with Crippen LogP contribution in [0.5, 0.6) is 0 Å². The number of carbonyl (C=O) groups is 1. The number of carboxylic acid groups (broad SMARTS) is 1. The highest BCUT2D eigenvalue weighted by Crippen LogP contribution is 2.60. The van der Waals surface area contributed by atoms with Gasteiger partial charge in [0.2, 0.25) is 0 Å². The van der Waals surface area contributed by atoms with E-state index in [2.05, 4.69) is 46.4 Å². The molecule has 40 heavy (non-hydrogen) atoms. The third-order valence-corrected chi connectivity index (χ3v) is 10.5. The van der Waals surface area contributed by atoms with Gasteiger partial charge in [0.05, 0.1) is 6.10 Å². The van der Waals surface area contributed by atoms with Gasteiger partial charge in [-0.1, -0.05) is 76.8 Å². The standard InChI is InChI=1S/C33H52O7/c1-19(2)8-6-9-21(4)25-15-16-26-22(10-7-17-33(25,26)5)12-13-23-18-24(14-11-20(23)3)39-32-29(36)27(34)28(35)30(40-32)31(37)38/h12-13,19,21,24-30,32,34-36H,3,6-11,14-18H2,1-2,4-5H3,(H,37,38)/b22-12+,23-13-/t21-,24+,25-,26+,27?,28-,29?,30?,32+,33+/m0/s1. The Labute approximate surface area is 240 Å². The van der Waals surface area contributed by atoms with Crippen LogP contribution in [0, 0.1) is 29.1 Å². The van der Waals surface area contributed by atoms with Crippen LogP contribution >= 0.6 is 0 Å². The molecule has 0 spiro atoms. The molecular weight excluding hydrogens is 508 g/mol. The summed E-state index contributed by atoms with van der Waals surface area (Å²) in [5.41, 5.74) is 4.10. The number of ether oxygens (including phenoxy) is 2. The van der Waals surface area contributed by atoms with E-state index in [-0.39, 0.29) is 6.10 Å². The molecule has 0 amide bonds. The van der Waals surface area contributed by atoms with Crippen LogP contribution in [-0.4, -0.2) is 63.2 Å². The van der Waals surface area contributed by atoms with Gasteiger partial charge in [0, 0.05) is 0 Å². The minimum absolute atomic E-state index is 0.314. The molecule has 3 saturated carbocycles. The van der Waals surface area contributed by atoms with E-state index in [0.717, 1.165) is 41.7 Å². The highest BCUT2D eigenvalue weighted by Gasteiger charge is 2.51. The largest absolute Gasteiger partial charge is 0.479 e. The maximum atomic E-state index is 11.5. The van der Waals surface area contributed by atoms with Crippen molar-refractivity contribution in [2.45, 2.75) is 135 Å². The molecule has 1 heterocycles. The predicted molar refractivity (Wildman–Crippen MR) is 154 cm³/mol. The van der Waals surface area contributed by atoms with Crippen LogP contribution in [0.15, 0.2) is 35.5 Å². The van der Waals surface area contributed by atoms with Crippen LogP contribution in [-0.2, 0) is 14.3 Å². The van der Waals surface area contributed by atoms with Crippen molar-refractivity contribution in [2.75, 3.05) is 0 Å². The number of aliphatic hydroxyl groups excluding tert-OH is 3. The summed E-state index contributed by atoms with van der Waals surface area (Å²) in [6, 6.07) is 0. The average Bonchev–Trinajstić information content (AvgIpc) is 3.26. The smallest absolute Gasteiger partial charge is 0.335 e. The molecule has 4 aliphatic rings. The Balaban J connectivity index is 1.42. The summed E-state index contributed by atoms with van der Waals surface area (Å²) in [4.78, 5) is 11.5. The second-order valence-electron chi connectivity index (χ2n) is 13.7. The molecule has 1 saturated heterocycles. The highest BCUT2D eigenvalue weighted by molar-refractivity contribution is 5.73. The Morgan fingerprint density at radius 1 is 1.07 bits per heavy atom. The van der Waals surface area contributed by atoms with Gasteiger partial charge in [-0.15, -0.1) is 0 Å². The average molecular weight is 561 g/mol. The van der Waals surface area contributed by atoms with E-state index in [1.54, 1.807) is 5.57 Å². The number of hydrogen-bond acceptors (Lipinski definition) is 6. The van der Waals surface area contributed by atoms with Gasteiger partial charge in [-0.05, 0) is 86.0 Å². The molecule has 0 bridgehead atoms. The maximum absolute atomic E-state index is 11.5. The van der Waals surface area contributed by atoms with E-state index in [1.165, 1.54) is 44.9 Å². The van der Waals surface area contributed by atoms with Gasteiger partial charge in [-0.3, -0.25) is 0 Å². The Morgan fingerprint density at radius 2 is 1.82 bits per heavy atom. The summed E-state index contributed by atoms with van der Waals surface area (Å²) in [7, 11) is 0. The summed E-state index contributed by atoms with van der Waals surface area (Å²) in [6.07, 6.45) is 8.55. The number of hydrogen-bond donors (Lipinski definition) is 4. The fourth-order valence-electron chi connectivity index (χ4n) is 8.11. The van der Waals surface area contributed by atoms with Crippen molar-refractivity contribution in [3.05, 3.63) is 35.5 Å². The van der Waals surface area contributed by atoms with Crippen molar-refractivity contribution in [1.82, 2.24) is 0 Å². The van der Waals surface area contributed by atoms with Gasteiger partial charge in [-0.2, -0.15) is 0 Å². The van der Waals surface area contributed by atoms with Gasteiger partial charge in [0.15, 0.2) is 12.4 Å². The molecule has 10 atom stereocenters. The van der Waals surface area contributed by atoms with Crippen LogP contribution in [0.3, 0.4) is 0 Å². The fraction of sp³-hybridized carbons (Fsp3) is 0.788. The first kappa shape index (κ1) is 31.4. The summed E-state index contributed by atoms with van der Waals surface area (Å²) in [5.74, 6) is 1.55. The third kappa shape index (κ3) is 6.75. The Kier molecular flexibility index (Phi) is 10.4. The zero-order valence-corrected chi connectivity index (χ0v) is 24.9. The Hall–Kier alpha value is -1.51. The molecule has 0 aromatic carbocycles. The van der Waals surface area contributed by atoms with E-state index in [4.69, 9.17) is 9.47 Å². The number of allylic oxidation sites excluding steroid dienone is 4. The molecule has 0 aromatic heterocycles. The fourth-order valence-corrected chi connectivity index (χ4v) is 8.11. The second-order valence-corrected chi connectivity index (χ2v) is 13.7. The van der Waals surface area contributed by atoms with Gasteiger partial charge < -0.3 is 29.9 Å². The zero-order chi connectivity index (χ0) is 29.2. The van der Waals surface area contributed by atoms with Gasteiger partial charge in [-0.25, -0.2) is 4.79 Å². The maximum Gasteiger partial charge on any atom is 0.335 e.